The zero-order valence-electron chi connectivity index (χ0n) is 11.8. The Hall–Kier alpha value is -1.81. The average molecular weight is 259 g/mol. The highest BCUT2D eigenvalue weighted by Gasteiger charge is 2.13. The third-order valence-electron chi connectivity index (χ3n) is 3.14. The fourth-order valence-corrected chi connectivity index (χ4v) is 2.14. The summed E-state index contributed by atoms with van der Waals surface area (Å²) >= 11 is 0. The van der Waals surface area contributed by atoms with Crippen LogP contribution in [0.15, 0.2) is 36.5 Å². The SMILES string of the molecule is CCNC(Cc1ccc(OC)cc1)c1ccn(C)n1. The molecule has 0 aliphatic heterocycles. The molecule has 4 nitrogen and oxygen atoms in total. The van der Waals surface area contributed by atoms with Crippen LogP contribution in [-0.2, 0) is 13.5 Å². The minimum absolute atomic E-state index is 0.250. The van der Waals surface area contributed by atoms with Gasteiger partial charge in [0.25, 0.3) is 0 Å². The van der Waals surface area contributed by atoms with Crippen LogP contribution in [0.1, 0.15) is 24.2 Å². The standard InChI is InChI=1S/C15H21N3O/c1-4-16-15(14-9-10-18(2)17-14)11-12-5-7-13(19-3)8-6-12/h5-10,15-16H,4,11H2,1-3H3. The number of hydrogen-bond acceptors (Lipinski definition) is 3. The number of likely N-dealkylation sites (N-methyl/N-ethyl adjacent to an activating group) is 1. The lowest BCUT2D eigenvalue weighted by molar-refractivity contribution is 0.414. The lowest BCUT2D eigenvalue weighted by Gasteiger charge is -2.16. The van der Waals surface area contributed by atoms with Crippen LogP contribution in [0.2, 0.25) is 0 Å². The van der Waals surface area contributed by atoms with E-state index in [1.165, 1.54) is 5.56 Å². The van der Waals surface area contributed by atoms with Crippen molar-refractivity contribution in [3.63, 3.8) is 0 Å². The summed E-state index contributed by atoms with van der Waals surface area (Å²) in [6.07, 6.45) is 2.91. The molecule has 0 amide bonds. The van der Waals surface area contributed by atoms with Crippen molar-refractivity contribution < 1.29 is 4.74 Å². The van der Waals surface area contributed by atoms with Gasteiger partial charge in [0.05, 0.1) is 18.8 Å². The highest BCUT2D eigenvalue weighted by Crippen LogP contribution is 2.19. The summed E-state index contributed by atoms with van der Waals surface area (Å²) in [4.78, 5) is 0. The van der Waals surface area contributed by atoms with E-state index < -0.39 is 0 Å². The molecule has 0 fully saturated rings. The number of aromatic nitrogens is 2. The zero-order chi connectivity index (χ0) is 13.7. The first-order chi connectivity index (χ1) is 9.22. The molecule has 0 saturated heterocycles. The van der Waals surface area contributed by atoms with Crippen LogP contribution in [0.25, 0.3) is 0 Å². The van der Waals surface area contributed by atoms with Crippen molar-refractivity contribution in [3.05, 3.63) is 47.8 Å². The molecule has 0 spiro atoms. The number of hydrogen-bond donors (Lipinski definition) is 1. The largest absolute Gasteiger partial charge is 0.497 e. The molecule has 102 valence electrons. The smallest absolute Gasteiger partial charge is 0.118 e. The molecule has 1 N–H and O–H groups in total. The lowest BCUT2D eigenvalue weighted by atomic mass is 10.0. The van der Waals surface area contributed by atoms with Gasteiger partial charge in [-0.3, -0.25) is 4.68 Å². The monoisotopic (exact) mass is 259 g/mol. The van der Waals surface area contributed by atoms with Crippen molar-refractivity contribution in [2.75, 3.05) is 13.7 Å². The fraction of sp³-hybridized carbons (Fsp3) is 0.400. The van der Waals surface area contributed by atoms with Gasteiger partial charge in [-0.25, -0.2) is 0 Å². The number of ether oxygens (including phenoxy) is 1. The number of benzene rings is 1. The molecule has 2 aromatic rings. The van der Waals surface area contributed by atoms with E-state index in [4.69, 9.17) is 4.74 Å². The molecular formula is C15H21N3O. The maximum atomic E-state index is 5.18. The zero-order valence-corrected chi connectivity index (χ0v) is 11.8. The molecule has 4 heteroatoms. The van der Waals surface area contributed by atoms with Crippen molar-refractivity contribution in [1.29, 1.82) is 0 Å². The Labute approximate surface area is 114 Å². The molecule has 2 rings (SSSR count). The number of rotatable bonds is 6. The van der Waals surface area contributed by atoms with Crippen LogP contribution in [-0.4, -0.2) is 23.4 Å². The van der Waals surface area contributed by atoms with E-state index in [0.717, 1.165) is 24.4 Å². The number of nitrogens with one attached hydrogen (secondary N) is 1. The Morgan fingerprint density at radius 2 is 2.00 bits per heavy atom. The maximum Gasteiger partial charge on any atom is 0.118 e. The van der Waals surface area contributed by atoms with E-state index in [2.05, 4.69) is 35.5 Å². The third kappa shape index (κ3) is 3.58. The Balaban J connectivity index is 2.11. The molecular weight excluding hydrogens is 238 g/mol. The molecule has 19 heavy (non-hydrogen) atoms. The minimum Gasteiger partial charge on any atom is -0.497 e. The number of methoxy groups -OCH3 is 1. The number of aryl methyl sites for hydroxylation is 1. The van der Waals surface area contributed by atoms with E-state index in [0.29, 0.717) is 0 Å². The summed E-state index contributed by atoms with van der Waals surface area (Å²) in [5.41, 5.74) is 2.36. The second-order valence-electron chi connectivity index (χ2n) is 4.58. The van der Waals surface area contributed by atoms with E-state index in [-0.39, 0.29) is 6.04 Å². The second-order valence-corrected chi connectivity index (χ2v) is 4.58. The Bertz CT molecular complexity index is 504. The van der Waals surface area contributed by atoms with Crippen LogP contribution in [0.5, 0.6) is 5.75 Å². The van der Waals surface area contributed by atoms with Crippen molar-refractivity contribution in [2.24, 2.45) is 7.05 Å². The quantitative estimate of drug-likeness (QED) is 0.865. The van der Waals surface area contributed by atoms with E-state index in [1.54, 1.807) is 7.11 Å². The minimum atomic E-state index is 0.250. The molecule has 0 bridgehead atoms. The molecule has 1 atom stereocenters. The van der Waals surface area contributed by atoms with Gasteiger partial charge in [0, 0.05) is 13.2 Å². The first-order valence-corrected chi connectivity index (χ1v) is 6.58. The molecule has 0 aliphatic rings. The highest BCUT2D eigenvalue weighted by molar-refractivity contribution is 5.28. The summed E-state index contributed by atoms with van der Waals surface area (Å²) in [6.45, 7) is 3.04. The van der Waals surface area contributed by atoms with Crippen molar-refractivity contribution in [3.8, 4) is 5.75 Å². The summed E-state index contributed by atoms with van der Waals surface area (Å²) in [5, 5.41) is 7.97. The highest BCUT2D eigenvalue weighted by atomic mass is 16.5. The molecule has 1 aromatic heterocycles. The van der Waals surface area contributed by atoms with Gasteiger partial charge < -0.3 is 10.1 Å². The van der Waals surface area contributed by atoms with Gasteiger partial charge in [0.1, 0.15) is 5.75 Å². The first-order valence-electron chi connectivity index (χ1n) is 6.58. The van der Waals surface area contributed by atoms with Crippen LogP contribution >= 0.6 is 0 Å². The Morgan fingerprint density at radius 1 is 1.26 bits per heavy atom. The van der Waals surface area contributed by atoms with Crippen molar-refractivity contribution in [1.82, 2.24) is 15.1 Å². The normalized spacial score (nSPS) is 12.4. The second kappa shape index (κ2) is 6.38. The first kappa shape index (κ1) is 13.6. The van der Waals surface area contributed by atoms with Gasteiger partial charge in [-0.1, -0.05) is 19.1 Å². The van der Waals surface area contributed by atoms with Crippen molar-refractivity contribution in [2.45, 2.75) is 19.4 Å². The van der Waals surface area contributed by atoms with Crippen LogP contribution in [0, 0.1) is 0 Å². The van der Waals surface area contributed by atoms with E-state index >= 15 is 0 Å². The van der Waals surface area contributed by atoms with Crippen molar-refractivity contribution >= 4 is 0 Å². The van der Waals surface area contributed by atoms with Crippen LogP contribution in [0.3, 0.4) is 0 Å². The van der Waals surface area contributed by atoms with Crippen LogP contribution < -0.4 is 10.1 Å². The summed E-state index contributed by atoms with van der Waals surface area (Å²) in [7, 11) is 3.63. The number of nitrogens with zero attached hydrogens (tertiary/aromatic N) is 2. The van der Waals surface area contributed by atoms with Gasteiger partial charge in [-0.15, -0.1) is 0 Å². The topological polar surface area (TPSA) is 39.1 Å². The average Bonchev–Trinajstić information content (AvgIpc) is 2.86. The lowest BCUT2D eigenvalue weighted by Crippen LogP contribution is -2.23. The van der Waals surface area contributed by atoms with E-state index in [9.17, 15) is 0 Å². The van der Waals surface area contributed by atoms with Crippen LogP contribution in [0.4, 0.5) is 0 Å². The van der Waals surface area contributed by atoms with Gasteiger partial charge in [-0.05, 0) is 36.7 Å². The Kier molecular flexibility index (Phi) is 4.58. The molecule has 1 heterocycles. The summed E-state index contributed by atoms with van der Waals surface area (Å²) in [6, 6.07) is 10.5. The predicted octanol–water partition coefficient (Wildman–Crippen LogP) is 2.32. The molecule has 0 aliphatic carbocycles. The summed E-state index contributed by atoms with van der Waals surface area (Å²) in [5.74, 6) is 0.890. The molecule has 0 radical (unpaired) electrons. The Morgan fingerprint density at radius 3 is 2.53 bits per heavy atom. The molecule has 1 unspecified atom stereocenters. The summed E-state index contributed by atoms with van der Waals surface area (Å²) < 4.78 is 7.02. The van der Waals surface area contributed by atoms with Gasteiger partial charge >= 0.3 is 0 Å². The third-order valence-corrected chi connectivity index (χ3v) is 3.14. The maximum absolute atomic E-state index is 5.18. The molecule has 1 aromatic carbocycles. The van der Waals surface area contributed by atoms with Gasteiger partial charge in [0.15, 0.2) is 0 Å². The fourth-order valence-electron chi connectivity index (χ4n) is 2.14. The predicted molar refractivity (Wildman–Crippen MR) is 76.3 cm³/mol. The van der Waals surface area contributed by atoms with Gasteiger partial charge in [0.2, 0.25) is 0 Å². The van der Waals surface area contributed by atoms with E-state index in [1.807, 2.05) is 30.1 Å². The van der Waals surface area contributed by atoms with Gasteiger partial charge in [-0.2, -0.15) is 5.10 Å². The molecule has 0 saturated carbocycles.